The van der Waals surface area contributed by atoms with Gasteiger partial charge in [0.15, 0.2) is 0 Å². The lowest BCUT2D eigenvalue weighted by molar-refractivity contribution is 0.402. The number of rotatable bonds is 3. The average molecular weight is 246 g/mol. The SMILES string of the molecule is CC(C)CC(C)n1ncc(Br)c1N. The van der Waals surface area contributed by atoms with Crippen molar-refractivity contribution in [3.8, 4) is 0 Å². The topological polar surface area (TPSA) is 43.8 Å². The minimum absolute atomic E-state index is 0.367. The molecule has 0 amide bonds. The molecule has 0 aliphatic rings. The smallest absolute Gasteiger partial charge is 0.136 e. The van der Waals surface area contributed by atoms with Crippen molar-refractivity contribution in [2.75, 3.05) is 5.73 Å². The predicted octanol–water partition coefficient (Wildman–Crippen LogP) is 2.83. The zero-order chi connectivity index (χ0) is 10.0. The highest BCUT2D eigenvalue weighted by molar-refractivity contribution is 9.10. The number of nitrogens with two attached hydrogens (primary N) is 1. The van der Waals surface area contributed by atoms with Gasteiger partial charge in [-0.15, -0.1) is 0 Å². The summed E-state index contributed by atoms with van der Waals surface area (Å²) in [7, 11) is 0. The van der Waals surface area contributed by atoms with Gasteiger partial charge in [0.25, 0.3) is 0 Å². The minimum Gasteiger partial charge on any atom is -0.383 e. The Morgan fingerprint density at radius 3 is 2.54 bits per heavy atom. The summed E-state index contributed by atoms with van der Waals surface area (Å²) in [6, 6.07) is 0.367. The van der Waals surface area contributed by atoms with Crippen LogP contribution >= 0.6 is 15.9 Å². The van der Waals surface area contributed by atoms with Gasteiger partial charge in [0.2, 0.25) is 0 Å². The molecule has 0 bridgehead atoms. The van der Waals surface area contributed by atoms with Gasteiger partial charge in [-0.2, -0.15) is 5.10 Å². The quantitative estimate of drug-likeness (QED) is 0.891. The molecule has 0 aromatic carbocycles. The second-order valence-corrected chi connectivity index (χ2v) is 4.66. The monoisotopic (exact) mass is 245 g/mol. The first-order valence-electron chi connectivity index (χ1n) is 4.50. The molecule has 0 aliphatic carbocycles. The maximum atomic E-state index is 5.83. The maximum absolute atomic E-state index is 5.83. The largest absolute Gasteiger partial charge is 0.383 e. The molecule has 4 heteroatoms. The first-order chi connectivity index (χ1) is 6.02. The molecule has 0 fully saturated rings. The van der Waals surface area contributed by atoms with E-state index in [0.717, 1.165) is 10.9 Å². The molecular weight excluding hydrogens is 230 g/mol. The van der Waals surface area contributed by atoms with Gasteiger partial charge >= 0.3 is 0 Å². The van der Waals surface area contributed by atoms with E-state index < -0.39 is 0 Å². The summed E-state index contributed by atoms with van der Waals surface area (Å²) in [4.78, 5) is 0. The molecule has 2 N–H and O–H groups in total. The molecular formula is C9H16BrN3. The number of nitrogen functional groups attached to an aromatic ring is 1. The number of nitrogens with zero attached hydrogens (tertiary/aromatic N) is 2. The average Bonchev–Trinajstić information content (AvgIpc) is 2.31. The number of anilines is 1. The van der Waals surface area contributed by atoms with Crippen molar-refractivity contribution < 1.29 is 0 Å². The van der Waals surface area contributed by atoms with E-state index in [9.17, 15) is 0 Å². The van der Waals surface area contributed by atoms with Gasteiger partial charge < -0.3 is 5.73 Å². The third-order valence-corrected chi connectivity index (χ3v) is 2.63. The third kappa shape index (κ3) is 2.46. The molecule has 1 aromatic rings. The van der Waals surface area contributed by atoms with E-state index in [-0.39, 0.29) is 0 Å². The minimum atomic E-state index is 0.367. The fourth-order valence-corrected chi connectivity index (χ4v) is 1.76. The standard InChI is InChI=1S/C9H16BrN3/c1-6(2)4-7(3)13-9(11)8(10)5-12-13/h5-7H,4,11H2,1-3H3. The van der Waals surface area contributed by atoms with E-state index in [0.29, 0.717) is 17.8 Å². The zero-order valence-corrected chi connectivity index (χ0v) is 9.87. The fourth-order valence-electron chi connectivity index (χ4n) is 1.48. The van der Waals surface area contributed by atoms with E-state index in [2.05, 4.69) is 41.8 Å². The van der Waals surface area contributed by atoms with Crippen molar-refractivity contribution >= 4 is 21.7 Å². The Balaban J connectivity index is 2.76. The van der Waals surface area contributed by atoms with Crippen LogP contribution in [0.1, 0.15) is 33.2 Å². The second kappa shape index (κ2) is 4.13. The van der Waals surface area contributed by atoms with Crippen LogP contribution in [0.5, 0.6) is 0 Å². The van der Waals surface area contributed by atoms with Gasteiger partial charge in [-0.3, -0.25) is 0 Å². The normalized spacial score (nSPS) is 13.6. The lowest BCUT2D eigenvalue weighted by Gasteiger charge is -2.15. The Morgan fingerprint density at radius 2 is 2.15 bits per heavy atom. The molecule has 0 saturated carbocycles. The van der Waals surface area contributed by atoms with Crippen molar-refractivity contribution in [3.05, 3.63) is 10.7 Å². The molecule has 0 saturated heterocycles. The fraction of sp³-hybridized carbons (Fsp3) is 0.667. The molecule has 0 spiro atoms. The maximum Gasteiger partial charge on any atom is 0.136 e. The number of hydrogen-bond acceptors (Lipinski definition) is 2. The van der Waals surface area contributed by atoms with E-state index >= 15 is 0 Å². The van der Waals surface area contributed by atoms with Crippen LogP contribution in [0, 0.1) is 5.92 Å². The molecule has 1 heterocycles. The summed E-state index contributed by atoms with van der Waals surface area (Å²) in [5.74, 6) is 1.38. The first kappa shape index (κ1) is 10.6. The Bertz CT molecular complexity index is 280. The van der Waals surface area contributed by atoms with Crippen LogP contribution in [-0.2, 0) is 0 Å². The molecule has 1 rings (SSSR count). The first-order valence-corrected chi connectivity index (χ1v) is 5.30. The van der Waals surface area contributed by atoms with Gasteiger partial charge in [0.1, 0.15) is 5.82 Å². The molecule has 74 valence electrons. The molecule has 1 unspecified atom stereocenters. The second-order valence-electron chi connectivity index (χ2n) is 3.80. The highest BCUT2D eigenvalue weighted by atomic mass is 79.9. The van der Waals surface area contributed by atoms with Crippen molar-refractivity contribution in [2.24, 2.45) is 5.92 Å². The molecule has 1 aromatic heterocycles. The highest BCUT2D eigenvalue weighted by Crippen LogP contribution is 2.24. The van der Waals surface area contributed by atoms with Crippen LogP contribution in [-0.4, -0.2) is 9.78 Å². The van der Waals surface area contributed by atoms with Crippen LogP contribution in [0.3, 0.4) is 0 Å². The molecule has 3 nitrogen and oxygen atoms in total. The summed E-state index contributed by atoms with van der Waals surface area (Å²) in [5.41, 5.74) is 5.83. The van der Waals surface area contributed by atoms with Crippen LogP contribution in [0.4, 0.5) is 5.82 Å². The Hall–Kier alpha value is -0.510. The number of hydrogen-bond donors (Lipinski definition) is 1. The Morgan fingerprint density at radius 1 is 1.54 bits per heavy atom. The summed E-state index contributed by atoms with van der Waals surface area (Å²) in [6.07, 6.45) is 2.84. The van der Waals surface area contributed by atoms with Crippen molar-refractivity contribution in [1.82, 2.24) is 9.78 Å². The molecule has 1 atom stereocenters. The van der Waals surface area contributed by atoms with Crippen molar-refractivity contribution in [2.45, 2.75) is 33.2 Å². The lowest BCUT2D eigenvalue weighted by Crippen LogP contribution is -2.12. The van der Waals surface area contributed by atoms with Crippen molar-refractivity contribution in [3.63, 3.8) is 0 Å². The van der Waals surface area contributed by atoms with Crippen LogP contribution in [0.25, 0.3) is 0 Å². The van der Waals surface area contributed by atoms with Gasteiger partial charge in [-0.1, -0.05) is 13.8 Å². The van der Waals surface area contributed by atoms with Crippen molar-refractivity contribution in [1.29, 1.82) is 0 Å². The van der Waals surface area contributed by atoms with Crippen LogP contribution < -0.4 is 5.73 Å². The van der Waals surface area contributed by atoms with Gasteiger partial charge in [0, 0.05) is 0 Å². The van der Waals surface area contributed by atoms with Crippen LogP contribution in [0.15, 0.2) is 10.7 Å². The Kier molecular flexibility index (Phi) is 3.36. The molecule has 0 aliphatic heterocycles. The van der Waals surface area contributed by atoms with Crippen LogP contribution in [0.2, 0.25) is 0 Å². The summed E-state index contributed by atoms with van der Waals surface area (Å²) >= 11 is 3.34. The summed E-state index contributed by atoms with van der Waals surface area (Å²) < 4.78 is 2.74. The van der Waals surface area contributed by atoms with E-state index in [1.165, 1.54) is 0 Å². The zero-order valence-electron chi connectivity index (χ0n) is 8.29. The molecule has 0 radical (unpaired) electrons. The van der Waals surface area contributed by atoms with Gasteiger partial charge in [0.05, 0.1) is 16.7 Å². The number of halogens is 1. The predicted molar refractivity (Wildman–Crippen MR) is 58.5 cm³/mol. The Labute approximate surface area is 87.4 Å². The highest BCUT2D eigenvalue weighted by Gasteiger charge is 2.12. The number of aromatic nitrogens is 2. The third-order valence-electron chi connectivity index (χ3n) is 2.02. The lowest BCUT2D eigenvalue weighted by atomic mass is 10.1. The van der Waals surface area contributed by atoms with E-state index in [1.807, 2.05) is 4.68 Å². The van der Waals surface area contributed by atoms with Gasteiger partial charge in [-0.05, 0) is 35.2 Å². The summed E-state index contributed by atoms with van der Waals surface area (Å²) in [5, 5.41) is 4.21. The van der Waals surface area contributed by atoms with E-state index in [4.69, 9.17) is 5.73 Å². The van der Waals surface area contributed by atoms with Gasteiger partial charge in [-0.25, -0.2) is 4.68 Å². The molecule has 13 heavy (non-hydrogen) atoms. The van der Waals surface area contributed by atoms with E-state index in [1.54, 1.807) is 6.20 Å². The summed E-state index contributed by atoms with van der Waals surface area (Å²) in [6.45, 7) is 6.53.